The van der Waals surface area contributed by atoms with Crippen LogP contribution in [0, 0.1) is 0 Å². The molecule has 3 rings (SSSR count). The van der Waals surface area contributed by atoms with Gasteiger partial charge in [0.05, 0.1) is 0 Å². The van der Waals surface area contributed by atoms with E-state index in [1.807, 2.05) is 12.1 Å². The molecule has 1 aliphatic rings. The van der Waals surface area contributed by atoms with Gasteiger partial charge in [-0.2, -0.15) is 0 Å². The van der Waals surface area contributed by atoms with Crippen LogP contribution >= 0.6 is 11.6 Å². The molecule has 0 aliphatic carbocycles. The van der Waals surface area contributed by atoms with E-state index in [1.54, 1.807) is 19.1 Å². The number of pyridine rings is 1. The molecule has 2 atom stereocenters. The van der Waals surface area contributed by atoms with Crippen molar-refractivity contribution in [2.75, 3.05) is 6.61 Å². The minimum atomic E-state index is -2.58. The highest BCUT2D eigenvalue weighted by atomic mass is 35.5. The van der Waals surface area contributed by atoms with Crippen LogP contribution in [0.25, 0.3) is 0 Å². The first-order valence-electron chi connectivity index (χ1n) is 9.83. The van der Waals surface area contributed by atoms with Crippen molar-refractivity contribution in [2.24, 2.45) is 0 Å². The highest BCUT2D eigenvalue weighted by Gasteiger charge is 2.29. The second-order valence-electron chi connectivity index (χ2n) is 7.04. The van der Waals surface area contributed by atoms with Gasteiger partial charge in [0.25, 0.3) is 6.43 Å². The number of carbonyl (C=O) groups is 2. The first kappa shape index (κ1) is 22.9. The van der Waals surface area contributed by atoms with E-state index in [0.717, 1.165) is 5.56 Å². The number of benzene rings is 1. The average molecular weight is 453 g/mol. The number of alkyl halides is 2. The summed E-state index contributed by atoms with van der Waals surface area (Å²) in [5.74, 6) is -0.146. The number of nitrogens with one attached hydrogen (secondary N) is 3. The summed E-state index contributed by atoms with van der Waals surface area (Å²) in [6.07, 6.45) is -1.06. The number of hydrogen-bond donors (Lipinski definition) is 3. The molecular formula is C21H23ClF2N4O3. The lowest BCUT2D eigenvalue weighted by Crippen LogP contribution is -2.46. The van der Waals surface area contributed by atoms with Gasteiger partial charge in [0.1, 0.15) is 6.17 Å². The van der Waals surface area contributed by atoms with Crippen LogP contribution in [0.1, 0.15) is 48.7 Å². The number of nitrogens with zero attached hydrogens (tertiary/aromatic N) is 1. The fraction of sp³-hybridized carbons (Fsp3) is 0.381. The molecule has 10 heteroatoms. The van der Waals surface area contributed by atoms with Crippen molar-refractivity contribution in [3.05, 3.63) is 58.2 Å². The number of halogens is 3. The zero-order chi connectivity index (χ0) is 22.4. The molecule has 1 aromatic heterocycles. The predicted molar refractivity (Wildman–Crippen MR) is 111 cm³/mol. The Morgan fingerprint density at radius 1 is 1.35 bits per heavy atom. The third-order valence-electron chi connectivity index (χ3n) is 4.76. The van der Waals surface area contributed by atoms with E-state index in [9.17, 15) is 18.4 Å². The Balaban J connectivity index is 1.73. The van der Waals surface area contributed by atoms with E-state index >= 15 is 0 Å². The standard InChI is InChI=1S/C21H23ClF2N4O3/c1-2-18(29)25-9-12-3-5-15(22)14(7-12)21-27-16(8-19(30)28-21)13-4-6-20(26-10-13)31-11-17(23)24/h3-7,10,16-17,21,27H,2,8-9,11H2,1H3,(H,25,29)(H,28,30). The zero-order valence-electron chi connectivity index (χ0n) is 16.8. The van der Waals surface area contributed by atoms with Gasteiger partial charge in [0.2, 0.25) is 17.7 Å². The monoisotopic (exact) mass is 452 g/mol. The van der Waals surface area contributed by atoms with Crippen LogP contribution in [0.2, 0.25) is 5.02 Å². The van der Waals surface area contributed by atoms with E-state index < -0.39 is 19.2 Å². The molecule has 2 heterocycles. The predicted octanol–water partition coefficient (Wildman–Crippen LogP) is 3.25. The molecule has 1 aromatic carbocycles. The highest BCUT2D eigenvalue weighted by Crippen LogP contribution is 2.30. The largest absolute Gasteiger partial charge is 0.472 e. The number of carbonyl (C=O) groups excluding carboxylic acids is 2. The van der Waals surface area contributed by atoms with Crippen molar-refractivity contribution in [2.45, 2.75) is 44.9 Å². The Kier molecular flexibility index (Phi) is 7.75. The minimum absolute atomic E-state index is 0.0610. The molecule has 2 unspecified atom stereocenters. The molecule has 1 fully saturated rings. The summed E-state index contributed by atoms with van der Waals surface area (Å²) in [7, 11) is 0. The Labute approximate surface area is 183 Å². The van der Waals surface area contributed by atoms with Gasteiger partial charge in [-0.3, -0.25) is 14.9 Å². The summed E-state index contributed by atoms with van der Waals surface area (Å²) in [6, 6.07) is 8.18. The fourth-order valence-corrected chi connectivity index (χ4v) is 3.40. The highest BCUT2D eigenvalue weighted by molar-refractivity contribution is 6.31. The summed E-state index contributed by atoms with van der Waals surface area (Å²) < 4.78 is 29.4. The molecule has 2 aromatic rings. The number of ether oxygens (including phenoxy) is 1. The summed E-state index contributed by atoms with van der Waals surface area (Å²) in [5, 5.41) is 9.47. The summed E-state index contributed by atoms with van der Waals surface area (Å²) in [4.78, 5) is 27.9. The zero-order valence-corrected chi connectivity index (χ0v) is 17.6. The van der Waals surface area contributed by atoms with Gasteiger partial charge in [-0.1, -0.05) is 30.7 Å². The lowest BCUT2D eigenvalue weighted by atomic mass is 9.99. The van der Waals surface area contributed by atoms with Crippen LogP contribution in [0.15, 0.2) is 36.5 Å². The molecule has 0 saturated carbocycles. The Morgan fingerprint density at radius 3 is 2.84 bits per heavy atom. The Bertz CT molecular complexity index is 927. The lowest BCUT2D eigenvalue weighted by molar-refractivity contribution is -0.124. The van der Waals surface area contributed by atoms with Crippen LogP contribution < -0.4 is 20.7 Å². The molecule has 7 nitrogen and oxygen atoms in total. The van der Waals surface area contributed by atoms with Crippen LogP contribution in [0.3, 0.4) is 0 Å². The van der Waals surface area contributed by atoms with Crippen molar-refractivity contribution >= 4 is 23.4 Å². The maximum absolute atomic E-state index is 12.3. The molecule has 3 N–H and O–H groups in total. The van der Waals surface area contributed by atoms with Crippen LogP contribution in [-0.4, -0.2) is 29.8 Å². The molecule has 1 aliphatic heterocycles. The van der Waals surface area contributed by atoms with Gasteiger partial charge in [-0.15, -0.1) is 0 Å². The summed E-state index contributed by atoms with van der Waals surface area (Å²) in [5.41, 5.74) is 2.24. The smallest absolute Gasteiger partial charge is 0.272 e. The van der Waals surface area contributed by atoms with Crippen LogP contribution in [-0.2, 0) is 16.1 Å². The van der Waals surface area contributed by atoms with E-state index in [1.165, 1.54) is 12.3 Å². The topological polar surface area (TPSA) is 92.4 Å². The third-order valence-corrected chi connectivity index (χ3v) is 5.11. The molecule has 1 saturated heterocycles. The molecule has 31 heavy (non-hydrogen) atoms. The van der Waals surface area contributed by atoms with Gasteiger partial charge < -0.3 is 15.4 Å². The lowest BCUT2D eigenvalue weighted by Gasteiger charge is -2.32. The second kappa shape index (κ2) is 10.5. The van der Waals surface area contributed by atoms with Crippen molar-refractivity contribution in [1.82, 2.24) is 20.9 Å². The SMILES string of the molecule is CCC(=O)NCc1ccc(Cl)c(C2NC(=O)CC(c3ccc(OCC(F)F)nc3)N2)c1. The van der Waals surface area contributed by atoms with E-state index in [0.29, 0.717) is 29.1 Å². The van der Waals surface area contributed by atoms with Crippen molar-refractivity contribution < 1.29 is 23.1 Å². The number of aromatic nitrogens is 1. The number of hydrogen-bond acceptors (Lipinski definition) is 5. The Morgan fingerprint density at radius 2 is 2.16 bits per heavy atom. The molecule has 166 valence electrons. The molecule has 2 amide bonds. The normalized spacial score (nSPS) is 18.5. The summed E-state index contributed by atoms with van der Waals surface area (Å²) in [6.45, 7) is 1.40. The van der Waals surface area contributed by atoms with Gasteiger partial charge in [0, 0.05) is 48.3 Å². The van der Waals surface area contributed by atoms with E-state index in [-0.39, 0.29) is 30.2 Å². The minimum Gasteiger partial charge on any atom is -0.472 e. The fourth-order valence-electron chi connectivity index (χ4n) is 3.17. The molecule has 0 spiro atoms. The third kappa shape index (κ3) is 6.35. The number of rotatable bonds is 8. The molecule has 0 radical (unpaired) electrons. The summed E-state index contributed by atoms with van der Waals surface area (Å²) >= 11 is 6.37. The van der Waals surface area contributed by atoms with Crippen molar-refractivity contribution in [3.8, 4) is 5.88 Å². The van der Waals surface area contributed by atoms with Gasteiger partial charge in [0.15, 0.2) is 6.61 Å². The van der Waals surface area contributed by atoms with Gasteiger partial charge in [-0.05, 0) is 23.3 Å². The van der Waals surface area contributed by atoms with E-state index in [2.05, 4.69) is 20.9 Å². The number of amides is 2. The first-order chi connectivity index (χ1) is 14.9. The Hall–Kier alpha value is -2.78. The van der Waals surface area contributed by atoms with Gasteiger partial charge >= 0.3 is 0 Å². The van der Waals surface area contributed by atoms with Crippen LogP contribution in [0.4, 0.5) is 8.78 Å². The molecular weight excluding hydrogens is 430 g/mol. The van der Waals surface area contributed by atoms with E-state index in [4.69, 9.17) is 16.3 Å². The quantitative estimate of drug-likeness (QED) is 0.571. The maximum atomic E-state index is 12.3. The first-order valence-corrected chi connectivity index (χ1v) is 10.2. The second-order valence-corrected chi connectivity index (χ2v) is 7.45. The van der Waals surface area contributed by atoms with Crippen LogP contribution in [0.5, 0.6) is 5.88 Å². The maximum Gasteiger partial charge on any atom is 0.272 e. The molecule has 0 bridgehead atoms. The van der Waals surface area contributed by atoms with Gasteiger partial charge in [-0.25, -0.2) is 13.8 Å². The van der Waals surface area contributed by atoms with Crippen molar-refractivity contribution in [3.63, 3.8) is 0 Å². The average Bonchev–Trinajstić information content (AvgIpc) is 2.76. The van der Waals surface area contributed by atoms with Crippen molar-refractivity contribution in [1.29, 1.82) is 0 Å².